The van der Waals surface area contributed by atoms with Crippen molar-refractivity contribution in [3.63, 3.8) is 0 Å². The molecule has 10 heteroatoms. The summed E-state index contributed by atoms with van der Waals surface area (Å²) in [6, 6.07) is 6.85. The van der Waals surface area contributed by atoms with Crippen LogP contribution < -0.4 is 9.47 Å². The number of phenolic OH excluding ortho intramolecular Hbond substituents is 1. The molecule has 0 unspecified atom stereocenters. The molecule has 2 heterocycles. The molecule has 0 spiro atoms. The van der Waals surface area contributed by atoms with Crippen LogP contribution in [0.5, 0.6) is 17.2 Å². The Morgan fingerprint density at radius 3 is 2.64 bits per heavy atom. The molecule has 0 radical (unpaired) electrons. The lowest BCUT2D eigenvalue weighted by molar-refractivity contribution is -0.123. The van der Waals surface area contributed by atoms with E-state index in [2.05, 4.69) is 22.6 Å². The lowest BCUT2D eigenvalue weighted by Crippen LogP contribution is -2.27. The van der Waals surface area contributed by atoms with Crippen LogP contribution in [0.15, 0.2) is 29.2 Å². The molecule has 1 fully saturated rings. The molecule has 2 amide bonds. The van der Waals surface area contributed by atoms with Gasteiger partial charge in [-0.2, -0.15) is 0 Å². The van der Waals surface area contributed by atoms with E-state index in [0.29, 0.717) is 31.2 Å². The second-order valence-electron chi connectivity index (χ2n) is 5.89. The third-order valence-electron chi connectivity index (χ3n) is 4.09. The van der Waals surface area contributed by atoms with Crippen molar-refractivity contribution in [1.29, 1.82) is 0 Å². The van der Waals surface area contributed by atoms with Crippen molar-refractivity contribution in [3.8, 4) is 17.2 Å². The second kappa shape index (κ2) is 7.92. The van der Waals surface area contributed by atoms with Gasteiger partial charge in [0.15, 0.2) is 11.5 Å². The van der Waals surface area contributed by atoms with E-state index in [1.807, 2.05) is 28.7 Å². The zero-order valence-electron chi connectivity index (χ0n) is 13.9. The van der Waals surface area contributed by atoms with Crippen LogP contribution in [0.1, 0.15) is 11.1 Å². The summed E-state index contributed by atoms with van der Waals surface area (Å²) in [4.78, 5) is 26.6. The van der Waals surface area contributed by atoms with Crippen LogP contribution in [0.4, 0.5) is 4.79 Å². The fourth-order valence-corrected chi connectivity index (χ4v) is 5.66. The first-order valence-electron chi connectivity index (χ1n) is 7.85. The van der Waals surface area contributed by atoms with Crippen molar-refractivity contribution in [3.05, 3.63) is 52.5 Å². The smallest absolute Gasteiger partial charge is 0.293 e. The van der Waals surface area contributed by atoms with Gasteiger partial charge in [0.25, 0.3) is 11.1 Å². The number of halogens is 3. The number of phenols is 1. The van der Waals surface area contributed by atoms with Gasteiger partial charge in [-0.15, -0.1) is 0 Å². The first-order chi connectivity index (χ1) is 13.3. The number of imide groups is 1. The molecule has 0 aromatic heterocycles. The number of fused-ring (bicyclic) bond motifs is 1. The van der Waals surface area contributed by atoms with Gasteiger partial charge in [0.05, 0.1) is 15.0 Å². The largest absolute Gasteiger partial charge is 0.506 e. The lowest BCUT2D eigenvalue weighted by Gasteiger charge is -2.14. The Kier molecular flexibility index (Phi) is 5.69. The zero-order valence-corrected chi connectivity index (χ0v) is 19.8. The minimum absolute atomic E-state index is 0.0212. The first-order valence-corrected chi connectivity index (χ1v) is 11.2. The number of hydrogen-bond donors (Lipinski definition) is 1. The fourth-order valence-electron chi connectivity index (χ4n) is 2.72. The molecule has 2 aliphatic heterocycles. The van der Waals surface area contributed by atoms with E-state index in [-0.39, 0.29) is 24.0 Å². The molecule has 2 aromatic carbocycles. The molecule has 0 bridgehead atoms. The molecule has 2 aromatic rings. The van der Waals surface area contributed by atoms with E-state index >= 15 is 0 Å². The van der Waals surface area contributed by atoms with E-state index in [9.17, 15) is 14.7 Å². The third-order valence-corrected chi connectivity index (χ3v) is 6.79. The monoisotopic (exact) mass is 641 g/mol. The molecule has 28 heavy (non-hydrogen) atoms. The van der Waals surface area contributed by atoms with Crippen LogP contribution in [0.3, 0.4) is 0 Å². The number of amides is 2. The Morgan fingerprint density at radius 2 is 1.89 bits per heavy atom. The second-order valence-corrected chi connectivity index (χ2v) is 9.70. The van der Waals surface area contributed by atoms with Gasteiger partial charge in [0.1, 0.15) is 5.75 Å². The average Bonchev–Trinajstić information content (AvgIpc) is 3.18. The Bertz CT molecular complexity index is 1060. The first kappa shape index (κ1) is 20.1. The number of carbonyl (C=O) groups excluding carboxylic acids is 2. The lowest BCUT2D eigenvalue weighted by atomic mass is 10.1. The van der Waals surface area contributed by atoms with Crippen molar-refractivity contribution in [1.82, 2.24) is 4.90 Å². The van der Waals surface area contributed by atoms with Gasteiger partial charge in [-0.1, -0.05) is 11.6 Å². The van der Waals surface area contributed by atoms with Gasteiger partial charge >= 0.3 is 0 Å². The molecule has 1 N–H and O–H groups in total. The Labute approximate surface area is 196 Å². The van der Waals surface area contributed by atoms with Crippen molar-refractivity contribution in [2.75, 3.05) is 6.79 Å². The van der Waals surface area contributed by atoms with Gasteiger partial charge in [0.2, 0.25) is 6.79 Å². The Morgan fingerprint density at radius 1 is 1.18 bits per heavy atom. The van der Waals surface area contributed by atoms with Crippen LogP contribution >= 0.6 is 68.5 Å². The summed E-state index contributed by atoms with van der Waals surface area (Å²) in [6.45, 7) is 0.130. The Hall–Kier alpha value is -1.18. The van der Waals surface area contributed by atoms with Gasteiger partial charge in [-0.3, -0.25) is 14.5 Å². The Balaban J connectivity index is 1.62. The van der Waals surface area contributed by atoms with Crippen LogP contribution in [0.2, 0.25) is 5.02 Å². The fraction of sp³-hybridized carbons (Fsp3) is 0.111. The SMILES string of the molecule is O=C1S/C(=C\c2cc(I)cc(I)c2O)C(=O)N1Cc1cc2c(cc1Cl)OCO2. The minimum Gasteiger partial charge on any atom is -0.506 e. The number of nitrogens with zero attached hydrogens (tertiary/aromatic N) is 1. The summed E-state index contributed by atoms with van der Waals surface area (Å²) >= 11 is 11.2. The van der Waals surface area contributed by atoms with Crippen LogP contribution in [0, 0.1) is 7.14 Å². The summed E-state index contributed by atoms with van der Waals surface area (Å²) in [5.74, 6) is 0.704. The third kappa shape index (κ3) is 3.81. The molecule has 4 rings (SSSR count). The highest BCUT2D eigenvalue weighted by molar-refractivity contribution is 14.1. The van der Waals surface area contributed by atoms with E-state index < -0.39 is 11.1 Å². The van der Waals surface area contributed by atoms with Crippen molar-refractivity contribution in [2.45, 2.75) is 6.54 Å². The van der Waals surface area contributed by atoms with Crippen LogP contribution in [-0.4, -0.2) is 27.9 Å². The van der Waals surface area contributed by atoms with Crippen molar-refractivity contribution >= 4 is 85.8 Å². The quantitative estimate of drug-likeness (QED) is 0.366. The highest BCUT2D eigenvalue weighted by atomic mass is 127. The maximum Gasteiger partial charge on any atom is 0.293 e. The summed E-state index contributed by atoms with van der Waals surface area (Å²) < 4.78 is 12.2. The highest BCUT2D eigenvalue weighted by Gasteiger charge is 2.36. The maximum atomic E-state index is 12.8. The van der Waals surface area contributed by atoms with E-state index in [0.717, 1.165) is 20.2 Å². The number of benzene rings is 2. The summed E-state index contributed by atoms with van der Waals surface area (Å²) in [7, 11) is 0. The molecule has 0 aliphatic carbocycles. The molecule has 1 saturated heterocycles. The van der Waals surface area contributed by atoms with Crippen LogP contribution in [-0.2, 0) is 11.3 Å². The number of thioether (sulfide) groups is 1. The minimum atomic E-state index is -0.433. The summed E-state index contributed by atoms with van der Waals surface area (Å²) in [5.41, 5.74) is 1.07. The number of hydrogen-bond acceptors (Lipinski definition) is 6. The van der Waals surface area contributed by atoms with Crippen molar-refractivity contribution in [2.24, 2.45) is 0 Å². The summed E-state index contributed by atoms with van der Waals surface area (Å²) in [5, 5.41) is 10.2. The molecule has 0 atom stereocenters. The highest BCUT2D eigenvalue weighted by Crippen LogP contribution is 2.40. The van der Waals surface area contributed by atoms with Gasteiger partial charge in [0, 0.05) is 20.2 Å². The topological polar surface area (TPSA) is 76.1 Å². The number of rotatable bonds is 3. The van der Waals surface area contributed by atoms with Crippen molar-refractivity contribution < 1.29 is 24.2 Å². The van der Waals surface area contributed by atoms with E-state index in [1.165, 1.54) is 6.08 Å². The number of ether oxygens (including phenoxy) is 2. The predicted octanol–water partition coefficient (Wildman–Crippen LogP) is 5.22. The van der Waals surface area contributed by atoms with Crippen LogP contribution in [0.25, 0.3) is 6.08 Å². The molecular formula is C18H10ClI2NO5S. The molecule has 2 aliphatic rings. The molecule has 6 nitrogen and oxygen atoms in total. The number of carbonyl (C=O) groups is 2. The van der Waals surface area contributed by atoms with E-state index in [1.54, 1.807) is 18.2 Å². The molecular weight excluding hydrogens is 632 g/mol. The summed E-state index contributed by atoms with van der Waals surface area (Å²) in [6.07, 6.45) is 1.53. The molecule has 0 saturated carbocycles. The van der Waals surface area contributed by atoms with Gasteiger partial charge in [-0.05, 0) is 86.8 Å². The maximum absolute atomic E-state index is 12.8. The standard InChI is InChI=1S/C18H10ClI2NO5S/c19-11-5-14-13(26-7-27-14)2-9(11)6-22-17(24)15(28-18(22)25)3-8-1-10(20)4-12(21)16(8)23/h1-5,23H,6-7H2/b15-3-. The normalized spacial score (nSPS) is 17.1. The van der Waals surface area contributed by atoms with E-state index in [4.69, 9.17) is 21.1 Å². The zero-order chi connectivity index (χ0) is 20.0. The van der Waals surface area contributed by atoms with Gasteiger partial charge < -0.3 is 14.6 Å². The predicted molar refractivity (Wildman–Crippen MR) is 123 cm³/mol. The average molecular weight is 642 g/mol. The van der Waals surface area contributed by atoms with Gasteiger partial charge in [-0.25, -0.2) is 0 Å². The molecule has 144 valence electrons. The number of aromatic hydroxyl groups is 1.